The molecule has 0 saturated carbocycles. The molecule has 0 radical (unpaired) electrons. The largest absolute Gasteiger partial charge is 0.465 e. The Balaban J connectivity index is 2.19. The van der Waals surface area contributed by atoms with Crippen LogP contribution in [0.4, 0.5) is 10.1 Å². The van der Waals surface area contributed by atoms with Gasteiger partial charge in [-0.25, -0.2) is 9.18 Å². The predicted molar refractivity (Wildman–Crippen MR) is 69.1 cm³/mol. The van der Waals surface area contributed by atoms with E-state index in [-0.39, 0.29) is 17.0 Å². The first kappa shape index (κ1) is 14.1. The van der Waals surface area contributed by atoms with Gasteiger partial charge in [0.15, 0.2) is 0 Å². The van der Waals surface area contributed by atoms with Gasteiger partial charge in [-0.2, -0.15) is 10.5 Å². The molecule has 106 valence electrons. The van der Waals surface area contributed by atoms with Crippen LogP contribution in [0.15, 0.2) is 24.4 Å². The van der Waals surface area contributed by atoms with Gasteiger partial charge in [0.2, 0.25) is 5.82 Å². The summed E-state index contributed by atoms with van der Waals surface area (Å²) in [6.45, 7) is 0. The van der Waals surface area contributed by atoms with Gasteiger partial charge in [0.25, 0.3) is 0 Å². The smallest absolute Gasteiger partial charge is 0.340 e. The second kappa shape index (κ2) is 6.25. The van der Waals surface area contributed by atoms with Crippen molar-refractivity contribution < 1.29 is 13.9 Å². The van der Waals surface area contributed by atoms with Crippen molar-refractivity contribution >= 4 is 17.2 Å². The van der Waals surface area contributed by atoms with Crippen molar-refractivity contribution in [2.24, 2.45) is 0 Å². The lowest BCUT2D eigenvalue weighted by atomic mass is 10.2. The van der Waals surface area contributed by atoms with Gasteiger partial charge >= 0.3 is 5.97 Å². The summed E-state index contributed by atoms with van der Waals surface area (Å²) in [6, 6.07) is 5.72. The predicted octanol–water partition coefficient (Wildman–Crippen LogP) is 1.10. The number of allylic oxidation sites excluding steroid dienone is 1. The number of tetrazole rings is 1. The minimum absolute atomic E-state index is 0.108. The molecule has 0 amide bonds. The molecule has 21 heavy (non-hydrogen) atoms. The minimum Gasteiger partial charge on any atom is -0.465 e. The number of hydrogen-bond acceptors (Lipinski definition) is 7. The Hall–Kier alpha value is -3.28. The number of benzene rings is 1. The fraction of sp³-hybridized carbons (Fsp3) is 0.0833. The van der Waals surface area contributed by atoms with E-state index < -0.39 is 11.8 Å². The first-order valence-electron chi connectivity index (χ1n) is 5.64. The van der Waals surface area contributed by atoms with E-state index in [4.69, 9.17) is 5.26 Å². The highest BCUT2D eigenvalue weighted by Gasteiger charge is 2.12. The van der Waals surface area contributed by atoms with Crippen LogP contribution in [-0.4, -0.2) is 33.7 Å². The van der Waals surface area contributed by atoms with Crippen molar-refractivity contribution in [2.75, 3.05) is 12.4 Å². The Labute approximate surface area is 118 Å². The molecule has 0 fully saturated rings. The van der Waals surface area contributed by atoms with Crippen molar-refractivity contribution in [3.63, 3.8) is 0 Å². The highest BCUT2D eigenvalue weighted by atomic mass is 19.1. The summed E-state index contributed by atoms with van der Waals surface area (Å²) >= 11 is 0. The Bertz CT molecular complexity index is 720. The van der Waals surface area contributed by atoms with Gasteiger partial charge in [0.05, 0.1) is 12.7 Å². The highest BCUT2D eigenvalue weighted by molar-refractivity contribution is 5.90. The number of nitrogens with zero attached hydrogens (tertiary/aromatic N) is 4. The molecule has 0 unspecified atom stereocenters. The van der Waals surface area contributed by atoms with Gasteiger partial charge in [0.1, 0.15) is 17.5 Å². The topological polar surface area (TPSA) is 117 Å². The number of aromatic amines is 1. The van der Waals surface area contributed by atoms with Crippen molar-refractivity contribution in [2.45, 2.75) is 0 Å². The molecule has 2 N–H and O–H groups in total. The van der Waals surface area contributed by atoms with Crippen molar-refractivity contribution in [1.82, 2.24) is 20.6 Å². The summed E-state index contributed by atoms with van der Waals surface area (Å²) in [5.74, 6) is -1.39. The number of anilines is 1. The second-order valence-corrected chi connectivity index (χ2v) is 3.74. The molecule has 0 bridgehead atoms. The number of nitrogens with one attached hydrogen (secondary N) is 2. The van der Waals surface area contributed by atoms with Crippen LogP contribution in [0.2, 0.25) is 0 Å². The van der Waals surface area contributed by atoms with E-state index in [0.29, 0.717) is 5.69 Å². The summed E-state index contributed by atoms with van der Waals surface area (Å²) in [7, 11) is 1.17. The number of aromatic nitrogens is 4. The van der Waals surface area contributed by atoms with E-state index in [0.717, 1.165) is 6.07 Å². The summed E-state index contributed by atoms with van der Waals surface area (Å²) in [5, 5.41) is 24.5. The number of ether oxygens (including phenoxy) is 1. The van der Waals surface area contributed by atoms with E-state index in [1.54, 1.807) is 0 Å². The van der Waals surface area contributed by atoms with Crippen LogP contribution in [0.1, 0.15) is 16.2 Å². The second-order valence-electron chi connectivity index (χ2n) is 3.74. The third kappa shape index (κ3) is 3.19. The number of esters is 1. The Morgan fingerprint density at radius 2 is 2.38 bits per heavy atom. The first-order chi connectivity index (χ1) is 10.2. The van der Waals surface area contributed by atoms with Crippen LogP contribution >= 0.6 is 0 Å². The number of methoxy groups -OCH3 is 1. The number of carbonyl (C=O) groups excluding carboxylic acids is 1. The van der Waals surface area contributed by atoms with Gasteiger partial charge in [-0.3, -0.25) is 0 Å². The fourth-order valence-corrected chi connectivity index (χ4v) is 1.46. The first-order valence-corrected chi connectivity index (χ1v) is 5.64. The molecular weight excluding hydrogens is 279 g/mol. The third-order valence-electron chi connectivity index (χ3n) is 2.46. The maximum Gasteiger partial charge on any atom is 0.340 e. The van der Waals surface area contributed by atoms with E-state index in [1.807, 2.05) is 6.07 Å². The van der Waals surface area contributed by atoms with Gasteiger partial charge < -0.3 is 10.1 Å². The van der Waals surface area contributed by atoms with E-state index >= 15 is 0 Å². The van der Waals surface area contributed by atoms with Crippen molar-refractivity contribution in [3.8, 4) is 6.07 Å². The van der Waals surface area contributed by atoms with Gasteiger partial charge in [-0.05, 0) is 23.4 Å². The van der Waals surface area contributed by atoms with Crippen LogP contribution in [0.5, 0.6) is 0 Å². The normalized spacial score (nSPS) is 10.8. The van der Waals surface area contributed by atoms with E-state index in [9.17, 15) is 9.18 Å². The lowest BCUT2D eigenvalue weighted by Gasteiger charge is -2.04. The number of hydrogen-bond donors (Lipinski definition) is 2. The number of carbonyl (C=O) groups is 1. The summed E-state index contributed by atoms with van der Waals surface area (Å²) < 4.78 is 18.1. The molecule has 1 aromatic carbocycles. The zero-order valence-corrected chi connectivity index (χ0v) is 10.8. The zero-order chi connectivity index (χ0) is 15.2. The molecule has 9 heteroatoms. The Kier molecular flexibility index (Phi) is 4.20. The highest BCUT2D eigenvalue weighted by Crippen LogP contribution is 2.16. The fourth-order valence-electron chi connectivity index (χ4n) is 1.46. The minimum atomic E-state index is -0.765. The van der Waals surface area contributed by atoms with Gasteiger partial charge in [0, 0.05) is 11.9 Å². The Morgan fingerprint density at radius 3 is 2.95 bits per heavy atom. The number of halogens is 1. The van der Waals surface area contributed by atoms with E-state index in [1.165, 1.54) is 25.4 Å². The van der Waals surface area contributed by atoms with Gasteiger partial charge in [-0.15, -0.1) is 10.2 Å². The van der Waals surface area contributed by atoms with E-state index in [2.05, 4.69) is 30.7 Å². The zero-order valence-electron chi connectivity index (χ0n) is 10.8. The molecule has 2 rings (SSSR count). The summed E-state index contributed by atoms with van der Waals surface area (Å²) in [6.07, 6.45) is 1.30. The number of nitriles is 1. The number of H-pyrrole nitrogens is 1. The molecule has 0 atom stereocenters. The van der Waals surface area contributed by atoms with Crippen LogP contribution in [0.25, 0.3) is 5.57 Å². The molecule has 1 heterocycles. The maximum atomic E-state index is 13.7. The molecule has 0 saturated heterocycles. The molecular formula is C12H9FN6O2. The third-order valence-corrected chi connectivity index (χ3v) is 2.46. The quantitative estimate of drug-likeness (QED) is 0.639. The van der Waals surface area contributed by atoms with Crippen molar-refractivity contribution in [3.05, 3.63) is 41.6 Å². The molecule has 0 aliphatic rings. The molecule has 0 aliphatic heterocycles. The lowest BCUT2D eigenvalue weighted by molar-refractivity contribution is 0.0595. The lowest BCUT2D eigenvalue weighted by Crippen LogP contribution is -2.04. The van der Waals surface area contributed by atoms with Gasteiger partial charge in [-0.1, -0.05) is 0 Å². The molecule has 1 aromatic heterocycles. The molecule has 0 spiro atoms. The average Bonchev–Trinajstić information content (AvgIpc) is 3.01. The molecule has 8 nitrogen and oxygen atoms in total. The number of rotatable bonds is 4. The van der Waals surface area contributed by atoms with Crippen LogP contribution < -0.4 is 5.32 Å². The summed E-state index contributed by atoms with van der Waals surface area (Å²) in [4.78, 5) is 11.2. The summed E-state index contributed by atoms with van der Waals surface area (Å²) in [5.41, 5.74) is 0.281. The maximum absolute atomic E-state index is 13.7. The SMILES string of the molecule is COC(=O)c1ccc(NC=C(C#N)c2nn[nH]n2)cc1F. The van der Waals surface area contributed by atoms with Crippen LogP contribution in [-0.2, 0) is 4.74 Å². The average molecular weight is 288 g/mol. The monoisotopic (exact) mass is 288 g/mol. The molecule has 0 aliphatic carbocycles. The van der Waals surface area contributed by atoms with Crippen molar-refractivity contribution in [1.29, 1.82) is 5.26 Å². The standard InChI is InChI=1S/C12H9FN6O2/c1-21-12(20)9-3-2-8(4-10(9)13)15-6-7(5-14)11-16-18-19-17-11/h2-4,6,15H,1H3,(H,16,17,18,19). The van der Waals surface area contributed by atoms with Crippen LogP contribution in [0, 0.1) is 17.1 Å². The Morgan fingerprint density at radius 1 is 1.57 bits per heavy atom. The van der Waals surface area contributed by atoms with Crippen LogP contribution in [0.3, 0.4) is 0 Å². The molecule has 2 aromatic rings.